The van der Waals surface area contributed by atoms with Gasteiger partial charge in [-0.25, -0.2) is 4.98 Å². The summed E-state index contributed by atoms with van der Waals surface area (Å²) in [5.41, 5.74) is 3.75. The molecule has 122 valence electrons. The SMILES string of the molecule is CN1CCC(Oc2cccc(-c3cnc4ccccc4n3)c2)CC1. The average Bonchev–Trinajstić information content (AvgIpc) is 2.63. The van der Waals surface area contributed by atoms with Crippen molar-refractivity contribution < 1.29 is 4.74 Å². The minimum Gasteiger partial charge on any atom is -0.490 e. The van der Waals surface area contributed by atoms with E-state index in [0.29, 0.717) is 6.10 Å². The molecular weight excluding hydrogens is 298 g/mol. The molecule has 1 aliphatic heterocycles. The Labute approximate surface area is 142 Å². The molecule has 3 aromatic rings. The largest absolute Gasteiger partial charge is 0.490 e. The van der Waals surface area contributed by atoms with Crippen molar-refractivity contribution in [2.24, 2.45) is 0 Å². The van der Waals surface area contributed by atoms with Crippen LogP contribution >= 0.6 is 0 Å². The molecule has 4 heteroatoms. The summed E-state index contributed by atoms with van der Waals surface area (Å²) in [5.74, 6) is 0.914. The number of aromatic nitrogens is 2. The lowest BCUT2D eigenvalue weighted by Gasteiger charge is -2.29. The lowest BCUT2D eigenvalue weighted by atomic mass is 10.1. The van der Waals surface area contributed by atoms with Crippen LogP contribution in [0.3, 0.4) is 0 Å². The van der Waals surface area contributed by atoms with E-state index in [-0.39, 0.29) is 0 Å². The lowest BCUT2D eigenvalue weighted by Crippen LogP contribution is -2.35. The Morgan fingerprint density at radius 1 is 1.00 bits per heavy atom. The maximum Gasteiger partial charge on any atom is 0.120 e. The molecule has 0 amide bonds. The van der Waals surface area contributed by atoms with Gasteiger partial charge >= 0.3 is 0 Å². The third kappa shape index (κ3) is 3.24. The van der Waals surface area contributed by atoms with Crippen molar-refractivity contribution in [3.8, 4) is 17.0 Å². The second-order valence-electron chi connectivity index (χ2n) is 6.39. The zero-order valence-electron chi connectivity index (χ0n) is 13.9. The number of para-hydroxylation sites is 2. The van der Waals surface area contributed by atoms with E-state index in [0.717, 1.165) is 54.0 Å². The van der Waals surface area contributed by atoms with Gasteiger partial charge in [0.15, 0.2) is 0 Å². The Kier molecular flexibility index (Phi) is 4.13. The summed E-state index contributed by atoms with van der Waals surface area (Å²) in [4.78, 5) is 11.6. The van der Waals surface area contributed by atoms with Gasteiger partial charge in [0.05, 0.1) is 22.9 Å². The maximum atomic E-state index is 6.18. The van der Waals surface area contributed by atoms with Gasteiger partial charge in [0.2, 0.25) is 0 Å². The Morgan fingerprint density at radius 3 is 2.62 bits per heavy atom. The average molecular weight is 319 g/mol. The van der Waals surface area contributed by atoms with E-state index in [1.807, 2.05) is 42.6 Å². The standard InChI is InChI=1S/C20H21N3O/c1-23-11-9-16(10-12-23)24-17-6-4-5-15(13-17)20-14-21-18-7-2-3-8-19(18)22-20/h2-8,13-14,16H,9-12H2,1H3. The lowest BCUT2D eigenvalue weighted by molar-refractivity contribution is 0.114. The molecule has 0 aliphatic carbocycles. The number of rotatable bonds is 3. The van der Waals surface area contributed by atoms with E-state index in [4.69, 9.17) is 9.72 Å². The van der Waals surface area contributed by atoms with Crippen LogP contribution in [0.5, 0.6) is 5.75 Å². The predicted octanol–water partition coefficient (Wildman–Crippen LogP) is 3.77. The quantitative estimate of drug-likeness (QED) is 0.736. The van der Waals surface area contributed by atoms with Gasteiger partial charge in [-0.05, 0) is 44.2 Å². The smallest absolute Gasteiger partial charge is 0.120 e. The van der Waals surface area contributed by atoms with E-state index in [1.165, 1.54) is 0 Å². The molecule has 24 heavy (non-hydrogen) atoms. The fourth-order valence-electron chi connectivity index (χ4n) is 3.12. The van der Waals surface area contributed by atoms with Gasteiger partial charge < -0.3 is 9.64 Å². The van der Waals surface area contributed by atoms with Crippen LogP contribution < -0.4 is 4.74 Å². The number of fused-ring (bicyclic) bond motifs is 1. The van der Waals surface area contributed by atoms with Gasteiger partial charge in [0.25, 0.3) is 0 Å². The summed E-state index contributed by atoms with van der Waals surface area (Å²) in [6, 6.07) is 16.1. The third-order valence-corrected chi connectivity index (χ3v) is 4.55. The van der Waals surface area contributed by atoms with Crippen molar-refractivity contribution in [1.29, 1.82) is 0 Å². The number of hydrogen-bond acceptors (Lipinski definition) is 4. The van der Waals surface area contributed by atoms with Crippen molar-refractivity contribution in [3.63, 3.8) is 0 Å². The molecule has 2 heterocycles. The van der Waals surface area contributed by atoms with Gasteiger partial charge in [-0.1, -0.05) is 24.3 Å². The molecule has 1 aliphatic rings. The van der Waals surface area contributed by atoms with E-state index < -0.39 is 0 Å². The highest BCUT2D eigenvalue weighted by molar-refractivity contribution is 5.77. The molecule has 4 nitrogen and oxygen atoms in total. The molecule has 4 rings (SSSR count). The van der Waals surface area contributed by atoms with Crippen molar-refractivity contribution >= 4 is 11.0 Å². The molecule has 1 aromatic heterocycles. The summed E-state index contributed by atoms with van der Waals surface area (Å²) in [6.45, 7) is 2.20. The molecule has 0 radical (unpaired) electrons. The van der Waals surface area contributed by atoms with Crippen molar-refractivity contribution in [1.82, 2.24) is 14.9 Å². The van der Waals surface area contributed by atoms with Gasteiger partial charge in [-0.3, -0.25) is 4.98 Å². The van der Waals surface area contributed by atoms with Crippen molar-refractivity contribution in [3.05, 3.63) is 54.7 Å². The molecule has 2 aromatic carbocycles. The molecular formula is C20H21N3O. The van der Waals surface area contributed by atoms with Crippen LogP contribution in [0.25, 0.3) is 22.3 Å². The monoisotopic (exact) mass is 319 g/mol. The van der Waals surface area contributed by atoms with Crippen LogP contribution in [0.1, 0.15) is 12.8 Å². The number of piperidine rings is 1. The number of hydrogen-bond donors (Lipinski definition) is 0. The van der Waals surface area contributed by atoms with Gasteiger partial charge in [0, 0.05) is 18.7 Å². The van der Waals surface area contributed by atoms with E-state index in [9.17, 15) is 0 Å². The minimum absolute atomic E-state index is 0.305. The summed E-state index contributed by atoms with van der Waals surface area (Å²) in [5, 5.41) is 0. The highest BCUT2D eigenvalue weighted by Gasteiger charge is 2.18. The van der Waals surface area contributed by atoms with Crippen LogP contribution in [0.2, 0.25) is 0 Å². The summed E-state index contributed by atoms with van der Waals surface area (Å²) >= 11 is 0. The van der Waals surface area contributed by atoms with E-state index in [1.54, 1.807) is 0 Å². The van der Waals surface area contributed by atoms with Crippen LogP contribution in [-0.4, -0.2) is 41.1 Å². The van der Waals surface area contributed by atoms with Crippen LogP contribution in [0.4, 0.5) is 0 Å². The first-order chi connectivity index (χ1) is 11.8. The van der Waals surface area contributed by atoms with Crippen molar-refractivity contribution in [2.45, 2.75) is 18.9 Å². The summed E-state index contributed by atoms with van der Waals surface area (Å²) < 4.78 is 6.18. The minimum atomic E-state index is 0.305. The Balaban J connectivity index is 1.57. The van der Waals surface area contributed by atoms with Gasteiger partial charge in [-0.15, -0.1) is 0 Å². The Morgan fingerprint density at radius 2 is 1.79 bits per heavy atom. The summed E-state index contributed by atoms with van der Waals surface area (Å²) in [7, 11) is 2.16. The van der Waals surface area contributed by atoms with E-state index in [2.05, 4.69) is 29.1 Å². The first-order valence-electron chi connectivity index (χ1n) is 8.45. The molecule has 1 saturated heterocycles. The molecule has 1 fully saturated rings. The normalized spacial score (nSPS) is 16.4. The van der Waals surface area contributed by atoms with Crippen LogP contribution in [-0.2, 0) is 0 Å². The number of likely N-dealkylation sites (tertiary alicyclic amines) is 1. The topological polar surface area (TPSA) is 38.2 Å². The number of benzene rings is 2. The van der Waals surface area contributed by atoms with Crippen LogP contribution in [0, 0.1) is 0 Å². The summed E-state index contributed by atoms with van der Waals surface area (Å²) in [6.07, 6.45) is 4.29. The first-order valence-corrected chi connectivity index (χ1v) is 8.45. The van der Waals surface area contributed by atoms with Gasteiger partial charge in [0.1, 0.15) is 11.9 Å². The Hall–Kier alpha value is -2.46. The molecule has 0 unspecified atom stereocenters. The highest BCUT2D eigenvalue weighted by Crippen LogP contribution is 2.25. The van der Waals surface area contributed by atoms with E-state index >= 15 is 0 Å². The fourth-order valence-corrected chi connectivity index (χ4v) is 3.12. The second kappa shape index (κ2) is 6.57. The predicted molar refractivity (Wildman–Crippen MR) is 96.1 cm³/mol. The molecule has 0 atom stereocenters. The first kappa shape index (κ1) is 15.1. The Bertz CT molecular complexity index is 841. The van der Waals surface area contributed by atoms with Crippen LogP contribution in [0.15, 0.2) is 54.7 Å². The zero-order chi connectivity index (χ0) is 16.4. The zero-order valence-corrected chi connectivity index (χ0v) is 13.9. The molecule has 0 saturated carbocycles. The molecule has 0 bridgehead atoms. The fraction of sp³-hybridized carbons (Fsp3) is 0.300. The number of nitrogens with zero attached hydrogens (tertiary/aromatic N) is 3. The highest BCUT2D eigenvalue weighted by atomic mass is 16.5. The number of ether oxygens (including phenoxy) is 1. The maximum absolute atomic E-state index is 6.18. The van der Waals surface area contributed by atoms with Crippen molar-refractivity contribution in [2.75, 3.05) is 20.1 Å². The molecule has 0 N–H and O–H groups in total. The molecule has 0 spiro atoms. The van der Waals surface area contributed by atoms with Gasteiger partial charge in [-0.2, -0.15) is 0 Å². The third-order valence-electron chi connectivity index (χ3n) is 4.55. The second-order valence-corrected chi connectivity index (χ2v) is 6.39.